The molecule has 0 aliphatic rings. The second kappa shape index (κ2) is 10.6. The largest absolute Gasteiger partial charge is 0.462 e. The number of esters is 1. The van der Waals surface area contributed by atoms with E-state index in [-0.39, 0.29) is 10.8 Å². The first-order chi connectivity index (χ1) is 13.4. The lowest BCUT2D eigenvalue weighted by atomic mass is 10.2. The number of rotatable bonds is 10. The fourth-order valence-electron chi connectivity index (χ4n) is 2.27. The Bertz CT molecular complexity index is 880. The number of benzene rings is 1. The quantitative estimate of drug-likeness (QED) is 0.549. The molecule has 1 heterocycles. The van der Waals surface area contributed by atoms with Gasteiger partial charge >= 0.3 is 5.97 Å². The van der Waals surface area contributed by atoms with E-state index in [2.05, 4.69) is 10.0 Å². The summed E-state index contributed by atoms with van der Waals surface area (Å²) in [7, 11) is -3.77. The Labute approximate surface area is 172 Å². The highest BCUT2D eigenvalue weighted by atomic mass is 32.2. The van der Waals surface area contributed by atoms with Gasteiger partial charge < -0.3 is 10.1 Å². The van der Waals surface area contributed by atoms with Gasteiger partial charge in [0.2, 0.25) is 5.91 Å². The normalized spacial score (nSPS) is 12.4. The van der Waals surface area contributed by atoms with E-state index in [1.807, 2.05) is 6.26 Å². The molecule has 0 radical (unpaired) electrons. The minimum absolute atomic E-state index is 0.160. The van der Waals surface area contributed by atoms with Gasteiger partial charge in [-0.3, -0.25) is 4.79 Å². The molecule has 0 fully saturated rings. The molecule has 0 saturated carbocycles. The van der Waals surface area contributed by atoms with Crippen LogP contribution in [0.3, 0.4) is 0 Å². The third kappa shape index (κ3) is 6.33. The lowest BCUT2D eigenvalue weighted by Gasteiger charge is -2.18. The predicted octanol–water partition coefficient (Wildman–Crippen LogP) is 2.96. The van der Waals surface area contributed by atoms with Crippen LogP contribution >= 0.6 is 23.1 Å². The first kappa shape index (κ1) is 22.4. The molecule has 1 aromatic heterocycles. The Hall–Kier alpha value is -1.88. The van der Waals surface area contributed by atoms with Gasteiger partial charge in [0.25, 0.3) is 10.0 Å². The third-order valence-electron chi connectivity index (χ3n) is 3.65. The molecule has 7 nitrogen and oxygen atoms in total. The fourth-order valence-corrected chi connectivity index (χ4v) is 4.99. The molecule has 0 spiro atoms. The van der Waals surface area contributed by atoms with E-state index in [0.717, 1.165) is 11.3 Å². The summed E-state index contributed by atoms with van der Waals surface area (Å²) in [6.45, 7) is 2.00. The molecule has 1 amide bonds. The third-order valence-corrected chi connectivity index (χ3v) is 7.16. The molecular weight excluding hydrogens is 420 g/mol. The second-order valence-electron chi connectivity index (χ2n) is 5.67. The molecule has 2 rings (SSSR count). The summed E-state index contributed by atoms with van der Waals surface area (Å²) in [4.78, 5) is 24.3. The molecule has 0 unspecified atom stereocenters. The Balaban J connectivity index is 2.09. The molecule has 2 aromatic rings. The van der Waals surface area contributed by atoms with Crippen LogP contribution in [-0.4, -0.2) is 45.0 Å². The van der Waals surface area contributed by atoms with Crippen molar-refractivity contribution >= 4 is 50.7 Å². The van der Waals surface area contributed by atoms with Gasteiger partial charge in [-0.05, 0) is 61.1 Å². The first-order valence-electron chi connectivity index (χ1n) is 8.50. The first-order valence-corrected chi connectivity index (χ1v) is 12.3. The highest BCUT2D eigenvalue weighted by Gasteiger charge is 2.26. The van der Waals surface area contributed by atoms with E-state index in [1.165, 1.54) is 17.8 Å². The van der Waals surface area contributed by atoms with E-state index in [1.54, 1.807) is 42.6 Å². The molecule has 1 atom stereocenters. The maximum absolute atomic E-state index is 12.7. The highest BCUT2D eigenvalue weighted by molar-refractivity contribution is 7.98. The van der Waals surface area contributed by atoms with Crippen LogP contribution in [-0.2, 0) is 19.6 Å². The zero-order valence-electron chi connectivity index (χ0n) is 15.5. The van der Waals surface area contributed by atoms with Crippen LogP contribution in [0.5, 0.6) is 0 Å². The summed E-state index contributed by atoms with van der Waals surface area (Å²) < 4.78 is 32.5. The van der Waals surface area contributed by atoms with Crippen molar-refractivity contribution in [2.75, 3.05) is 23.9 Å². The number of thiophene rings is 1. The van der Waals surface area contributed by atoms with Crippen LogP contribution in [0, 0.1) is 0 Å². The van der Waals surface area contributed by atoms with E-state index in [9.17, 15) is 18.0 Å². The topological polar surface area (TPSA) is 102 Å². The van der Waals surface area contributed by atoms with Crippen molar-refractivity contribution in [3.8, 4) is 0 Å². The molecule has 0 saturated heterocycles. The monoisotopic (exact) mass is 442 g/mol. The summed E-state index contributed by atoms with van der Waals surface area (Å²) >= 11 is 2.61. The Kier molecular flexibility index (Phi) is 8.49. The van der Waals surface area contributed by atoms with Gasteiger partial charge in [-0.1, -0.05) is 6.07 Å². The molecule has 0 aliphatic heterocycles. The van der Waals surface area contributed by atoms with Crippen LogP contribution < -0.4 is 10.0 Å². The van der Waals surface area contributed by atoms with Crippen molar-refractivity contribution in [1.82, 2.24) is 4.72 Å². The van der Waals surface area contributed by atoms with Crippen LogP contribution in [0.4, 0.5) is 5.69 Å². The number of nitrogens with one attached hydrogen (secondary N) is 2. The zero-order chi connectivity index (χ0) is 20.6. The van der Waals surface area contributed by atoms with Crippen LogP contribution in [0.15, 0.2) is 46.0 Å². The SMILES string of the molecule is CCOC(=O)c1ccc(NC(=O)[C@H](CCSC)NS(=O)(=O)c2cccs2)cc1. The fraction of sp³-hybridized carbons (Fsp3) is 0.333. The highest BCUT2D eigenvalue weighted by Crippen LogP contribution is 2.18. The van der Waals surface area contributed by atoms with E-state index < -0.39 is 27.9 Å². The summed E-state index contributed by atoms with van der Waals surface area (Å²) in [5.41, 5.74) is 0.833. The van der Waals surface area contributed by atoms with Crippen LogP contribution in [0.1, 0.15) is 23.7 Å². The van der Waals surface area contributed by atoms with Crippen molar-refractivity contribution < 1.29 is 22.7 Å². The maximum atomic E-state index is 12.7. The average molecular weight is 443 g/mol. The smallest absolute Gasteiger partial charge is 0.338 e. The number of thioether (sulfide) groups is 1. The molecule has 1 aromatic carbocycles. The van der Waals surface area contributed by atoms with Gasteiger partial charge in [-0.2, -0.15) is 16.5 Å². The molecule has 0 aliphatic carbocycles. The molecule has 152 valence electrons. The summed E-state index contributed by atoms with van der Waals surface area (Å²) in [6, 6.07) is 8.45. The number of carbonyl (C=O) groups is 2. The number of carbonyl (C=O) groups excluding carboxylic acids is 2. The maximum Gasteiger partial charge on any atom is 0.338 e. The van der Waals surface area contributed by atoms with Crippen molar-refractivity contribution in [3.05, 3.63) is 47.3 Å². The number of sulfonamides is 1. The van der Waals surface area contributed by atoms with Crippen molar-refractivity contribution in [3.63, 3.8) is 0 Å². The predicted molar refractivity (Wildman–Crippen MR) is 112 cm³/mol. The number of anilines is 1. The average Bonchev–Trinajstić information content (AvgIpc) is 3.21. The van der Waals surface area contributed by atoms with Gasteiger partial charge in [0.15, 0.2) is 0 Å². The molecule has 0 bridgehead atoms. The van der Waals surface area contributed by atoms with Gasteiger partial charge in [0, 0.05) is 5.69 Å². The lowest BCUT2D eigenvalue weighted by Crippen LogP contribution is -2.43. The van der Waals surface area contributed by atoms with E-state index in [4.69, 9.17) is 4.74 Å². The summed E-state index contributed by atoms with van der Waals surface area (Å²) in [5, 5.41) is 4.36. The molecule has 28 heavy (non-hydrogen) atoms. The molecule has 2 N–H and O–H groups in total. The van der Waals surface area contributed by atoms with Gasteiger partial charge in [0.05, 0.1) is 12.2 Å². The second-order valence-corrected chi connectivity index (χ2v) is 9.55. The summed E-state index contributed by atoms with van der Waals surface area (Å²) in [5.74, 6) is -0.285. The number of amides is 1. The van der Waals surface area contributed by atoms with Gasteiger partial charge in [-0.25, -0.2) is 13.2 Å². The number of hydrogen-bond donors (Lipinski definition) is 2. The Morgan fingerprint density at radius 1 is 1.21 bits per heavy atom. The van der Waals surface area contributed by atoms with Crippen molar-refractivity contribution in [2.24, 2.45) is 0 Å². The Morgan fingerprint density at radius 3 is 2.50 bits per heavy atom. The number of hydrogen-bond acceptors (Lipinski definition) is 7. The van der Waals surface area contributed by atoms with Gasteiger partial charge in [-0.15, -0.1) is 11.3 Å². The van der Waals surface area contributed by atoms with Crippen LogP contribution in [0.25, 0.3) is 0 Å². The number of ether oxygens (including phenoxy) is 1. The van der Waals surface area contributed by atoms with E-state index >= 15 is 0 Å². The zero-order valence-corrected chi connectivity index (χ0v) is 18.0. The van der Waals surface area contributed by atoms with E-state index in [0.29, 0.717) is 23.4 Å². The summed E-state index contributed by atoms with van der Waals surface area (Å²) in [6.07, 6.45) is 2.23. The van der Waals surface area contributed by atoms with Crippen molar-refractivity contribution in [2.45, 2.75) is 23.6 Å². The lowest BCUT2D eigenvalue weighted by molar-refractivity contribution is -0.117. The Morgan fingerprint density at radius 2 is 1.93 bits per heavy atom. The minimum Gasteiger partial charge on any atom is -0.462 e. The minimum atomic E-state index is -3.77. The molecule has 10 heteroatoms. The molecular formula is C18H22N2O5S3. The van der Waals surface area contributed by atoms with Crippen LogP contribution in [0.2, 0.25) is 0 Å². The standard InChI is InChI=1S/C18H22N2O5S3/c1-3-25-18(22)13-6-8-14(9-7-13)19-17(21)15(10-12-26-2)20-28(23,24)16-5-4-11-27-16/h4-9,11,15,20H,3,10,12H2,1-2H3,(H,19,21)/t15-/m0/s1. The van der Waals surface area contributed by atoms with Gasteiger partial charge in [0.1, 0.15) is 10.3 Å². The van der Waals surface area contributed by atoms with Crippen molar-refractivity contribution in [1.29, 1.82) is 0 Å².